The Balaban J connectivity index is 1.85. The number of carbonyl (C=O) groups is 2. The van der Waals surface area contributed by atoms with Crippen LogP contribution in [0.3, 0.4) is 0 Å². The van der Waals surface area contributed by atoms with Gasteiger partial charge in [-0.05, 0) is 36.2 Å². The number of ether oxygens (including phenoxy) is 1. The van der Waals surface area contributed by atoms with Crippen LogP contribution in [-0.4, -0.2) is 18.5 Å². The minimum Gasteiger partial charge on any atom is -0.452 e. The lowest BCUT2D eigenvalue weighted by molar-refractivity contribution is -0.137. The second-order valence-electron chi connectivity index (χ2n) is 5.37. The molecule has 0 saturated carbocycles. The van der Waals surface area contributed by atoms with E-state index in [0.29, 0.717) is 11.1 Å². The molecule has 132 valence electrons. The monoisotopic (exact) mass is 351 g/mol. The van der Waals surface area contributed by atoms with Crippen LogP contribution in [0.15, 0.2) is 48.5 Å². The average molecular weight is 351 g/mol. The van der Waals surface area contributed by atoms with Gasteiger partial charge in [0.2, 0.25) is 0 Å². The molecule has 4 nitrogen and oxygen atoms in total. The van der Waals surface area contributed by atoms with Crippen molar-refractivity contribution in [3.05, 3.63) is 70.8 Å². The summed E-state index contributed by atoms with van der Waals surface area (Å²) in [5, 5.41) is 2.42. The van der Waals surface area contributed by atoms with Crippen LogP contribution in [-0.2, 0) is 22.3 Å². The summed E-state index contributed by atoms with van der Waals surface area (Å²) in [6.45, 7) is 1.14. The summed E-state index contributed by atoms with van der Waals surface area (Å²) in [5.41, 5.74) is 0.587. The van der Waals surface area contributed by atoms with Crippen molar-refractivity contribution in [2.75, 3.05) is 6.61 Å². The van der Waals surface area contributed by atoms with E-state index in [0.717, 1.165) is 17.7 Å². The number of aryl methyl sites for hydroxylation is 1. The Morgan fingerprint density at radius 1 is 1.08 bits per heavy atom. The lowest BCUT2D eigenvalue weighted by atomic mass is 10.1. The fraction of sp³-hybridized carbons (Fsp3) is 0.222. The van der Waals surface area contributed by atoms with E-state index in [9.17, 15) is 22.8 Å². The van der Waals surface area contributed by atoms with Crippen LogP contribution in [0.5, 0.6) is 0 Å². The highest BCUT2D eigenvalue weighted by Gasteiger charge is 2.30. The third-order valence-corrected chi connectivity index (χ3v) is 3.44. The van der Waals surface area contributed by atoms with Crippen molar-refractivity contribution >= 4 is 11.9 Å². The summed E-state index contributed by atoms with van der Waals surface area (Å²) < 4.78 is 42.8. The Bertz CT molecular complexity index is 772. The van der Waals surface area contributed by atoms with E-state index in [1.54, 1.807) is 31.2 Å². The first-order valence-corrected chi connectivity index (χ1v) is 7.43. The van der Waals surface area contributed by atoms with Gasteiger partial charge in [0, 0.05) is 6.54 Å². The summed E-state index contributed by atoms with van der Waals surface area (Å²) >= 11 is 0. The second-order valence-corrected chi connectivity index (χ2v) is 5.37. The van der Waals surface area contributed by atoms with E-state index in [4.69, 9.17) is 4.74 Å². The van der Waals surface area contributed by atoms with E-state index in [1.165, 1.54) is 12.1 Å². The second kappa shape index (κ2) is 7.83. The third-order valence-electron chi connectivity index (χ3n) is 3.44. The molecule has 0 spiro atoms. The zero-order valence-corrected chi connectivity index (χ0v) is 13.4. The maximum Gasteiger partial charge on any atom is 0.416 e. The van der Waals surface area contributed by atoms with E-state index >= 15 is 0 Å². The number of rotatable bonds is 5. The Labute approximate surface area is 142 Å². The van der Waals surface area contributed by atoms with E-state index in [1.807, 2.05) is 0 Å². The molecule has 0 fully saturated rings. The topological polar surface area (TPSA) is 55.4 Å². The van der Waals surface area contributed by atoms with Crippen molar-refractivity contribution in [3.8, 4) is 0 Å². The average Bonchev–Trinajstić information content (AvgIpc) is 2.58. The Kier molecular flexibility index (Phi) is 5.80. The van der Waals surface area contributed by atoms with Gasteiger partial charge in [-0.1, -0.05) is 30.3 Å². The summed E-state index contributed by atoms with van der Waals surface area (Å²) in [5.74, 6) is -1.23. The molecule has 1 N–H and O–H groups in total. The number of alkyl halides is 3. The van der Waals surface area contributed by atoms with Gasteiger partial charge in [-0.3, -0.25) is 4.79 Å². The van der Waals surface area contributed by atoms with Crippen LogP contribution in [0.4, 0.5) is 13.2 Å². The van der Waals surface area contributed by atoms with Crippen LogP contribution >= 0.6 is 0 Å². The van der Waals surface area contributed by atoms with Gasteiger partial charge < -0.3 is 10.1 Å². The van der Waals surface area contributed by atoms with Crippen molar-refractivity contribution in [2.45, 2.75) is 19.6 Å². The molecule has 0 atom stereocenters. The van der Waals surface area contributed by atoms with Crippen molar-refractivity contribution in [1.29, 1.82) is 0 Å². The van der Waals surface area contributed by atoms with Gasteiger partial charge in [0.1, 0.15) is 0 Å². The Morgan fingerprint density at radius 3 is 2.48 bits per heavy atom. The van der Waals surface area contributed by atoms with E-state index in [2.05, 4.69) is 5.32 Å². The van der Waals surface area contributed by atoms with Gasteiger partial charge in [-0.2, -0.15) is 13.2 Å². The molecule has 0 bridgehead atoms. The molecule has 0 aliphatic carbocycles. The zero-order chi connectivity index (χ0) is 18.4. The number of hydrogen-bond acceptors (Lipinski definition) is 3. The van der Waals surface area contributed by atoms with E-state index < -0.39 is 30.2 Å². The van der Waals surface area contributed by atoms with Gasteiger partial charge >= 0.3 is 12.1 Å². The molecule has 0 aliphatic heterocycles. The molecular weight excluding hydrogens is 335 g/mol. The molecule has 0 aliphatic rings. The normalized spacial score (nSPS) is 11.0. The quantitative estimate of drug-likeness (QED) is 0.839. The molecule has 7 heteroatoms. The lowest BCUT2D eigenvalue weighted by Gasteiger charge is -2.10. The summed E-state index contributed by atoms with van der Waals surface area (Å²) in [4.78, 5) is 23.6. The van der Waals surface area contributed by atoms with E-state index in [-0.39, 0.29) is 6.54 Å². The number of benzene rings is 2. The minimum atomic E-state index is -4.44. The fourth-order valence-electron chi connectivity index (χ4n) is 2.12. The molecule has 1 amide bonds. The predicted octanol–water partition coefficient (Wildman–Crippen LogP) is 3.49. The van der Waals surface area contributed by atoms with Crippen molar-refractivity contribution < 1.29 is 27.5 Å². The van der Waals surface area contributed by atoms with Crippen LogP contribution < -0.4 is 5.32 Å². The van der Waals surface area contributed by atoms with Crippen molar-refractivity contribution in [2.24, 2.45) is 0 Å². The maximum absolute atomic E-state index is 12.6. The molecule has 0 radical (unpaired) electrons. The molecule has 0 heterocycles. The van der Waals surface area contributed by atoms with Gasteiger partial charge in [-0.15, -0.1) is 0 Å². The smallest absolute Gasteiger partial charge is 0.416 e. The van der Waals surface area contributed by atoms with Crippen LogP contribution in [0.2, 0.25) is 0 Å². The molecule has 2 aromatic carbocycles. The van der Waals surface area contributed by atoms with Gasteiger partial charge in [0.25, 0.3) is 5.91 Å². The molecule has 2 rings (SSSR count). The van der Waals surface area contributed by atoms with Crippen molar-refractivity contribution in [3.63, 3.8) is 0 Å². The first-order chi connectivity index (χ1) is 11.8. The fourth-order valence-corrected chi connectivity index (χ4v) is 2.12. The molecule has 25 heavy (non-hydrogen) atoms. The number of amides is 1. The van der Waals surface area contributed by atoms with Crippen LogP contribution in [0, 0.1) is 6.92 Å². The van der Waals surface area contributed by atoms with Crippen LogP contribution in [0.1, 0.15) is 27.0 Å². The maximum atomic E-state index is 12.6. The molecule has 0 unspecified atom stereocenters. The largest absolute Gasteiger partial charge is 0.452 e. The van der Waals surface area contributed by atoms with Gasteiger partial charge in [0.05, 0.1) is 11.1 Å². The molecular formula is C18H16F3NO3. The standard InChI is InChI=1S/C18H16F3NO3/c1-12-5-2-3-8-15(12)17(24)25-11-16(23)22-10-13-6-4-7-14(9-13)18(19,20)21/h2-9H,10-11H2,1H3,(H,22,23). The summed E-state index contributed by atoms with van der Waals surface area (Å²) in [6.07, 6.45) is -4.44. The molecule has 0 aromatic heterocycles. The summed E-state index contributed by atoms with van der Waals surface area (Å²) in [6, 6.07) is 11.4. The van der Waals surface area contributed by atoms with Gasteiger partial charge in [-0.25, -0.2) is 4.79 Å². The lowest BCUT2D eigenvalue weighted by Crippen LogP contribution is -2.28. The Hall–Kier alpha value is -2.83. The van der Waals surface area contributed by atoms with Crippen LogP contribution in [0.25, 0.3) is 0 Å². The Morgan fingerprint density at radius 2 is 1.80 bits per heavy atom. The predicted molar refractivity (Wildman–Crippen MR) is 84.8 cm³/mol. The highest BCUT2D eigenvalue weighted by Crippen LogP contribution is 2.29. The first-order valence-electron chi connectivity index (χ1n) is 7.43. The number of nitrogens with one attached hydrogen (secondary N) is 1. The first kappa shape index (κ1) is 18.5. The molecule has 2 aromatic rings. The highest BCUT2D eigenvalue weighted by atomic mass is 19.4. The minimum absolute atomic E-state index is 0.0926. The zero-order valence-electron chi connectivity index (χ0n) is 13.4. The summed E-state index contributed by atoms with van der Waals surface area (Å²) in [7, 11) is 0. The number of hydrogen-bond donors (Lipinski definition) is 1. The van der Waals surface area contributed by atoms with Gasteiger partial charge in [0.15, 0.2) is 6.61 Å². The highest BCUT2D eigenvalue weighted by molar-refractivity contribution is 5.92. The van der Waals surface area contributed by atoms with Crippen molar-refractivity contribution in [1.82, 2.24) is 5.32 Å². The number of carbonyl (C=O) groups excluding carboxylic acids is 2. The number of esters is 1. The molecule has 0 saturated heterocycles. The third kappa shape index (κ3) is 5.34. The number of halogens is 3. The SMILES string of the molecule is Cc1ccccc1C(=O)OCC(=O)NCc1cccc(C(F)(F)F)c1.